The molecule has 4 N–H and O–H groups in total. The van der Waals surface area contributed by atoms with Gasteiger partial charge in [-0.15, -0.1) is 0 Å². The normalized spacial score (nSPS) is 22.5. The van der Waals surface area contributed by atoms with Crippen LogP contribution in [0.15, 0.2) is 115 Å². The number of esters is 1. The number of hydrogen-bond acceptors (Lipinski definition) is 12. The van der Waals surface area contributed by atoms with Gasteiger partial charge >= 0.3 is 18.1 Å². The summed E-state index contributed by atoms with van der Waals surface area (Å²) in [6, 6.07) is 29.3. The Bertz CT molecular complexity index is 2830. The highest BCUT2D eigenvalue weighted by Crippen LogP contribution is 2.66. The first-order valence-corrected chi connectivity index (χ1v) is 22.1. The van der Waals surface area contributed by atoms with Crippen molar-refractivity contribution in [2.24, 2.45) is 11.7 Å². The van der Waals surface area contributed by atoms with Gasteiger partial charge in [-0.2, -0.15) is 0 Å². The molecule has 4 aliphatic rings. The van der Waals surface area contributed by atoms with Crippen LogP contribution >= 0.6 is 0 Å². The molecule has 5 aromatic rings. The summed E-state index contributed by atoms with van der Waals surface area (Å²) < 4.78 is 28.7. The van der Waals surface area contributed by atoms with Crippen molar-refractivity contribution in [2.75, 3.05) is 52.5 Å². The topological polar surface area (TPSA) is 199 Å². The third-order valence-electron chi connectivity index (χ3n) is 13.2. The monoisotopic (exact) mass is 919 g/mol. The molecule has 0 aliphatic carbocycles. The van der Waals surface area contributed by atoms with Crippen LogP contribution in [0.1, 0.15) is 57.1 Å². The van der Waals surface area contributed by atoms with E-state index in [4.69, 9.17) is 29.4 Å². The highest BCUT2D eigenvalue weighted by atomic mass is 16.6. The van der Waals surface area contributed by atoms with Gasteiger partial charge in [0.1, 0.15) is 29.9 Å². The van der Waals surface area contributed by atoms with E-state index >= 15 is 14.4 Å². The summed E-state index contributed by atoms with van der Waals surface area (Å²) in [6.07, 6.45) is -1.56. The standard InChI is InChI=1S/C52H49N5O11/c1-64-25-26-67-51(63)56-39-21-16-31(11-10-23-54-50(53)62)27-38(39)52(49(56)61)42(47(59)55-24-22-35-28-40(65-2)41(66-3)29-36(35)30-55)44-48(60)68-45(33-14-8-5-9-15-33)43(32-12-6-4-7-13-32)57(44)46(52)34-17-19-37(58)20-18-34/h4-9,12-21,27-29,42-46,58H,22-26,30H2,1-3H3,(H3,53,54,62)/t42-,43-,44-,45+,46+,52-/m0/s1. The zero-order valence-electron chi connectivity index (χ0n) is 37.5. The number of aromatic hydroxyl groups is 1. The van der Waals surface area contributed by atoms with Crippen molar-refractivity contribution in [1.82, 2.24) is 15.1 Å². The number of amides is 5. The van der Waals surface area contributed by atoms with Crippen molar-refractivity contribution in [3.63, 3.8) is 0 Å². The van der Waals surface area contributed by atoms with Crippen LogP contribution in [0.2, 0.25) is 0 Å². The highest BCUT2D eigenvalue weighted by molar-refractivity contribution is 6.23. The molecular weight excluding hydrogens is 871 g/mol. The molecule has 4 aliphatic heterocycles. The number of anilines is 1. The third-order valence-corrected chi connectivity index (χ3v) is 13.2. The molecule has 0 saturated carbocycles. The number of imide groups is 1. The van der Waals surface area contributed by atoms with Crippen molar-refractivity contribution in [1.29, 1.82) is 0 Å². The van der Waals surface area contributed by atoms with Crippen molar-refractivity contribution in [3.05, 3.63) is 154 Å². The number of benzene rings is 5. The second kappa shape index (κ2) is 18.8. The predicted molar refractivity (Wildman–Crippen MR) is 246 cm³/mol. The number of fused-ring (bicyclic) bond motifs is 4. The minimum absolute atomic E-state index is 0.0330. The molecule has 348 valence electrons. The summed E-state index contributed by atoms with van der Waals surface area (Å²) in [6.45, 7) is 0.0323. The molecule has 2 fully saturated rings. The van der Waals surface area contributed by atoms with Gasteiger partial charge in [0.2, 0.25) is 11.8 Å². The van der Waals surface area contributed by atoms with Crippen molar-refractivity contribution < 1.29 is 52.8 Å². The van der Waals surface area contributed by atoms with Crippen LogP contribution in [0.25, 0.3) is 0 Å². The zero-order valence-corrected chi connectivity index (χ0v) is 37.5. The predicted octanol–water partition coefficient (Wildman–Crippen LogP) is 5.46. The van der Waals surface area contributed by atoms with Crippen LogP contribution < -0.4 is 25.4 Å². The Kier molecular flexibility index (Phi) is 12.5. The Labute approximate surface area is 392 Å². The van der Waals surface area contributed by atoms with Crippen LogP contribution in [0.4, 0.5) is 15.3 Å². The minimum Gasteiger partial charge on any atom is -0.508 e. The summed E-state index contributed by atoms with van der Waals surface area (Å²) in [5, 5.41) is 13.2. The molecule has 5 amide bonds. The number of nitrogens with two attached hydrogens (primary N) is 1. The Morgan fingerprint density at radius 2 is 1.50 bits per heavy atom. The van der Waals surface area contributed by atoms with Crippen LogP contribution in [0.3, 0.4) is 0 Å². The molecule has 9 rings (SSSR count). The Morgan fingerprint density at radius 3 is 2.16 bits per heavy atom. The number of morpholine rings is 1. The summed E-state index contributed by atoms with van der Waals surface area (Å²) in [7, 11) is 4.53. The van der Waals surface area contributed by atoms with Gasteiger partial charge < -0.3 is 44.7 Å². The van der Waals surface area contributed by atoms with Crippen molar-refractivity contribution in [2.45, 2.75) is 42.6 Å². The Balaban J connectivity index is 1.33. The lowest BCUT2D eigenvalue weighted by molar-refractivity contribution is -0.179. The molecule has 68 heavy (non-hydrogen) atoms. The molecule has 0 bridgehead atoms. The molecule has 2 saturated heterocycles. The van der Waals surface area contributed by atoms with Crippen LogP contribution in [0.5, 0.6) is 17.2 Å². The Morgan fingerprint density at radius 1 is 0.824 bits per heavy atom. The summed E-state index contributed by atoms with van der Waals surface area (Å²) in [5.74, 6) is 3.19. The van der Waals surface area contributed by atoms with Gasteiger partial charge in [0, 0.05) is 25.8 Å². The number of cyclic esters (lactones) is 1. The molecule has 0 aromatic heterocycles. The zero-order chi connectivity index (χ0) is 47.7. The lowest BCUT2D eigenvalue weighted by Crippen LogP contribution is -2.57. The third kappa shape index (κ3) is 7.78. The SMILES string of the molecule is COCCOC(=O)N1C(=O)[C@@]2(c3cc(C#CCNC(N)=O)ccc31)[C@H](C(=O)N1CCc3cc(OC)c(OC)cc3C1)[C@H]1C(=O)O[C@H](c3ccccc3)[C@H](c3ccccc3)N1[C@@H]2c1ccc(O)cc1. The fourth-order valence-electron chi connectivity index (χ4n) is 10.4. The first-order chi connectivity index (χ1) is 33.0. The number of carbonyl (C=O) groups excluding carboxylic acids is 5. The number of ether oxygens (including phenoxy) is 5. The number of rotatable bonds is 10. The van der Waals surface area contributed by atoms with Crippen LogP contribution in [0, 0.1) is 17.8 Å². The van der Waals surface area contributed by atoms with Gasteiger partial charge in [0.15, 0.2) is 11.5 Å². The fraction of sp³-hybridized carbons (Fsp3) is 0.288. The van der Waals surface area contributed by atoms with Crippen LogP contribution in [-0.2, 0) is 47.0 Å². The number of methoxy groups -OCH3 is 3. The molecule has 16 heteroatoms. The molecule has 16 nitrogen and oxygen atoms in total. The van der Waals surface area contributed by atoms with E-state index in [2.05, 4.69) is 17.2 Å². The van der Waals surface area contributed by atoms with E-state index in [1.54, 1.807) is 42.3 Å². The second-order valence-electron chi connectivity index (χ2n) is 16.8. The number of primary amides is 1. The molecular formula is C52H49N5O11. The lowest BCUT2D eigenvalue weighted by Gasteiger charge is -2.46. The van der Waals surface area contributed by atoms with E-state index in [0.29, 0.717) is 34.6 Å². The number of hydrogen-bond donors (Lipinski definition) is 3. The van der Waals surface area contributed by atoms with Gasteiger partial charge in [0.25, 0.3) is 0 Å². The van der Waals surface area contributed by atoms with Crippen molar-refractivity contribution in [3.8, 4) is 29.1 Å². The largest absolute Gasteiger partial charge is 0.508 e. The van der Waals surface area contributed by atoms with Gasteiger partial charge in [-0.3, -0.25) is 19.3 Å². The molecule has 4 heterocycles. The van der Waals surface area contributed by atoms with Gasteiger partial charge in [-0.1, -0.05) is 84.6 Å². The van der Waals surface area contributed by atoms with Gasteiger partial charge in [-0.05, 0) is 82.3 Å². The van der Waals surface area contributed by atoms with E-state index < -0.39 is 65.5 Å². The van der Waals surface area contributed by atoms with Crippen molar-refractivity contribution >= 4 is 35.6 Å². The number of phenolic OH excluding ortho intramolecular Hbond substituents is 1. The number of nitrogens with zero attached hydrogens (tertiary/aromatic N) is 3. The maximum absolute atomic E-state index is 16.4. The van der Waals surface area contributed by atoms with Crippen LogP contribution in [-0.4, -0.2) is 98.5 Å². The van der Waals surface area contributed by atoms with E-state index in [0.717, 1.165) is 21.6 Å². The number of nitrogens with one attached hydrogen (secondary N) is 1. The van der Waals surface area contributed by atoms with Gasteiger partial charge in [0.05, 0.1) is 51.1 Å². The smallest absolute Gasteiger partial charge is 0.421 e. The molecule has 6 atom stereocenters. The van der Waals surface area contributed by atoms with E-state index in [-0.39, 0.29) is 49.8 Å². The first kappa shape index (κ1) is 45.3. The molecule has 5 aromatic carbocycles. The summed E-state index contributed by atoms with van der Waals surface area (Å²) in [4.78, 5) is 78.7. The number of carbonyl (C=O) groups is 5. The lowest BCUT2D eigenvalue weighted by atomic mass is 9.64. The number of urea groups is 1. The number of phenols is 1. The van der Waals surface area contributed by atoms with E-state index in [1.165, 1.54) is 26.4 Å². The second-order valence-corrected chi connectivity index (χ2v) is 16.8. The summed E-state index contributed by atoms with van der Waals surface area (Å²) >= 11 is 0. The molecule has 1 spiro atoms. The average molecular weight is 920 g/mol. The fourth-order valence-corrected chi connectivity index (χ4v) is 10.4. The average Bonchev–Trinajstić information content (AvgIpc) is 3.81. The summed E-state index contributed by atoms with van der Waals surface area (Å²) in [5.41, 5.74) is 7.51. The maximum Gasteiger partial charge on any atom is 0.421 e. The molecule has 0 radical (unpaired) electrons. The van der Waals surface area contributed by atoms with E-state index in [9.17, 15) is 14.7 Å². The molecule has 0 unspecified atom stereocenters. The maximum atomic E-state index is 16.4. The van der Waals surface area contributed by atoms with E-state index in [1.807, 2.05) is 77.7 Å². The highest BCUT2D eigenvalue weighted by Gasteiger charge is 2.76. The quantitative estimate of drug-likeness (QED) is 0.0910. The first-order valence-electron chi connectivity index (χ1n) is 22.1. The minimum atomic E-state index is -2.09. The Hall–Kier alpha value is -7.87. The van der Waals surface area contributed by atoms with Gasteiger partial charge in [-0.25, -0.2) is 14.5 Å².